The second kappa shape index (κ2) is 3.90. The molecule has 0 atom stereocenters. The van der Waals surface area contributed by atoms with Crippen LogP contribution in [0.15, 0.2) is 6.33 Å². The molecule has 0 aliphatic heterocycles. The average Bonchev–Trinajstić information content (AvgIpc) is 2.72. The molecule has 1 heterocycles. The zero-order valence-electron chi connectivity index (χ0n) is 8.24. The Morgan fingerprint density at radius 2 is 2.23 bits per heavy atom. The molecule has 0 bridgehead atoms. The first kappa shape index (κ1) is 8.73. The van der Waals surface area contributed by atoms with Crippen LogP contribution in [0.3, 0.4) is 0 Å². The fourth-order valence-electron chi connectivity index (χ4n) is 2.17. The van der Waals surface area contributed by atoms with Crippen LogP contribution in [0.5, 0.6) is 0 Å². The molecule has 3 nitrogen and oxygen atoms in total. The smallest absolute Gasteiger partial charge is 0.132 e. The van der Waals surface area contributed by atoms with Crippen LogP contribution in [-0.2, 0) is 13.5 Å². The Morgan fingerprint density at radius 1 is 1.46 bits per heavy atom. The fraction of sp³-hybridized carbons (Fsp3) is 0.800. The quantitative estimate of drug-likeness (QED) is 0.710. The summed E-state index contributed by atoms with van der Waals surface area (Å²) in [5.74, 6) is 2.09. The van der Waals surface area contributed by atoms with E-state index < -0.39 is 0 Å². The molecule has 1 fully saturated rings. The van der Waals surface area contributed by atoms with E-state index in [0.717, 1.165) is 18.2 Å². The molecule has 0 N–H and O–H groups in total. The number of nitrogens with zero attached hydrogens (tertiary/aromatic N) is 3. The summed E-state index contributed by atoms with van der Waals surface area (Å²) in [6, 6.07) is 0. The van der Waals surface area contributed by atoms with E-state index in [4.69, 9.17) is 0 Å². The van der Waals surface area contributed by atoms with Crippen LogP contribution >= 0.6 is 0 Å². The van der Waals surface area contributed by atoms with Gasteiger partial charge in [0.15, 0.2) is 0 Å². The Morgan fingerprint density at radius 3 is 2.85 bits per heavy atom. The normalized spacial score (nSPS) is 18.2. The van der Waals surface area contributed by atoms with Crippen molar-refractivity contribution in [3.8, 4) is 0 Å². The maximum atomic E-state index is 4.09. The topological polar surface area (TPSA) is 30.7 Å². The molecule has 1 saturated carbocycles. The minimum atomic E-state index is 0.955. The molecule has 0 unspecified atom stereocenters. The van der Waals surface area contributed by atoms with Crippen molar-refractivity contribution in [3.63, 3.8) is 0 Å². The monoisotopic (exact) mass is 179 g/mol. The summed E-state index contributed by atoms with van der Waals surface area (Å²) in [5, 5.41) is 7.97. The summed E-state index contributed by atoms with van der Waals surface area (Å²) in [6.07, 6.45) is 9.90. The molecule has 0 saturated heterocycles. The number of rotatable bonds is 3. The predicted molar refractivity (Wildman–Crippen MR) is 51.3 cm³/mol. The summed E-state index contributed by atoms with van der Waals surface area (Å²) >= 11 is 0. The standard InChI is InChI=1S/C10H17N3/c1-13-8-11-12-10(13)7-6-9-4-2-3-5-9/h8-9H,2-7H2,1H3. The maximum absolute atomic E-state index is 4.09. The second-order valence-corrected chi connectivity index (χ2v) is 4.05. The van der Waals surface area contributed by atoms with E-state index in [1.807, 2.05) is 11.6 Å². The lowest BCUT2D eigenvalue weighted by molar-refractivity contribution is 0.492. The molecule has 0 radical (unpaired) electrons. The zero-order valence-corrected chi connectivity index (χ0v) is 8.24. The summed E-state index contributed by atoms with van der Waals surface area (Å²) in [5.41, 5.74) is 0. The summed E-state index contributed by atoms with van der Waals surface area (Å²) < 4.78 is 2.02. The van der Waals surface area contributed by atoms with Gasteiger partial charge in [0.1, 0.15) is 12.2 Å². The van der Waals surface area contributed by atoms with E-state index in [0.29, 0.717) is 0 Å². The van der Waals surface area contributed by atoms with Crippen LogP contribution in [0.1, 0.15) is 37.9 Å². The molecule has 0 aromatic carbocycles. The molecule has 0 spiro atoms. The highest BCUT2D eigenvalue weighted by molar-refractivity contribution is 4.85. The molecule has 2 rings (SSSR count). The van der Waals surface area contributed by atoms with Crippen LogP contribution in [0.4, 0.5) is 0 Å². The molecular weight excluding hydrogens is 162 g/mol. The van der Waals surface area contributed by atoms with E-state index in [1.165, 1.54) is 32.1 Å². The Labute approximate surface area is 79.2 Å². The van der Waals surface area contributed by atoms with Gasteiger partial charge in [0.2, 0.25) is 0 Å². The Balaban J connectivity index is 1.82. The van der Waals surface area contributed by atoms with Crippen molar-refractivity contribution in [2.75, 3.05) is 0 Å². The van der Waals surface area contributed by atoms with Crippen molar-refractivity contribution in [3.05, 3.63) is 12.2 Å². The molecule has 3 heteroatoms. The van der Waals surface area contributed by atoms with Gasteiger partial charge in [-0.1, -0.05) is 25.7 Å². The van der Waals surface area contributed by atoms with Crippen LogP contribution < -0.4 is 0 Å². The predicted octanol–water partition coefficient (Wildman–Crippen LogP) is 1.94. The van der Waals surface area contributed by atoms with Crippen molar-refractivity contribution in [2.24, 2.45) is 13.0 Å². The first-order valence-electron chi connectivity index (χ1n) is 5.19. The highest BCUT2D eigenvalue weighted by atomic mass is 15.2. The Hall–Kier alpha value is -0.860. The number of hydrogen-bond donors (Lipinski definition) is 0. The average molecular weight is 179 g/mol. The highest BCUT2D eigenvalue weighted by Gasteiger charge is 2.15. The van der Waals surface area contributed by atoms with Gasteiger partial charge in [-0.05, 0) is 12.3 Å². The Bertz CT molecular complexity index is 261. The molecule has 13 heavy (non-hydrogen) atoms. The van der Waals surface area contributed by atoms with Crippen molar-refractivity contribution >= 4 is 0 Å². The highest BCUT2D eigenvalue weighted by Crippen LogP contribution is 2.28. The van der Waals surface area contributed by atoms with Gasteiger partial charge in [0.05, 0.1) is 0 Å². The van der Waals surface area contributed by atoms with Gasteiger partial charge in [-0.2, -0.15) is 0 Å². The third-order valence-electron chi connectivity index (χ3n) is 3.06. The third kappa shape index (κ3) is 2.08. The lowest BCUT2D eigenvalue weighted by atomic mass is 10.0. The lowest BCUT2D eigenvalue weighted by Gasteiger charge is -2.07. The fourth-order valence-corrected chi connectivity index (χ4v) is 2.17. The van der Waals surface area contributed by atoms with E-state index in [-0.39, 0.29) is 0 Å². The van der Waals surface area contributed by atoms with E-state index >= 15 is 0 Å². The lowest BCUT2D eigenvalue weighted by Crippen LogP contribution is -2.01. The third-order valence-corrected chi connectivity index (χ3v) is 3.06. The van der Waals surface area contributed by atoms with Crippen molar-refractivity contribution < 1.29 is 0 Å². The molecular formula is C10H17N3. The SMILES string of the molecule is Cn1cnnc1CCC1CCCC1. The molecule has 0 amide bonds. The molecule has 1 aromatic heterocycles. The van der Waals surface area contributed by atoms with Gasteiger partial charge in [-0.3, -0.25) is 0 Å². The van der Waals surface area contributed by atoms with Crippen molar-refractivity contribution in [2.45, 2.75) is 38.5 Å². The zero-order chi connectivity index (χ0) is 9.10. The van der Waals surface area contributed by atoms with Crippen LogP contribution in [-0.4, -0.2) is 14.8 Å². The first-order valence-corrected chi connectivity index (χ1v) is 5.19. The summed E-state index contributed by atoms with van der Waals surface area (Å²) in [4.78, 5) is 0. The van der Waals surface area contributed by atoms with Gasteiger partial charge < -0.3 is 4.57 Å². The minimum Gasteiger partial charge on any atom is -0.321 e. The Kier molecular flexibility index (Phi) is 2.62. The van der Waals surface area contributed by atoms with Gasteiger partial charge >= 0.3 is 0 Å². The molecule has 72 valence electrons. The van der Waals surface area contributed by atoms with Gasteiger partial charge in [-0.25, -0.2) is 0 Å². The van der Waals surface area contributed by atoms with Gasteiger partial charge in [-0.15, -0.1) is 10.2 Å². The van der Waals surface area contributed by atoms with E-state index in [9.17, 15) is 0 Å². The van der Waals surface area contributed by atoms with Crippen molar-refractivity contribution in [1.29, 1.82) is 0 Å². The molecule has 1 aliphatic rings. The van der Waals surface area contributed by atoms with E-state index in [2.05, 4.69) is 10.2 Å². The van der Waals surface area contributed by atoms with Gasteiger partial charge in [0, 0.05) is 13.5 Å². The van der Waals surface area contributed by atoms with Crippen LogP contribution in [0.2, 0.25) is 0 Å². The molecule has 1 aromatic rings. The van der Waals surface area contributed by atoms with Crippen LogP contribution in [0.25, 0.3) is 0 Å². The van der Waals surface area contributed by atoms with Crippen molar-refractivity contribution in [1.82, 2.24) is 14.8 Å². The second-order valence-electron chi connectivity index (χ2n) is 4.05. The van der Waals surface area contributed by atoms with Gasteiger partial charge in [0.25, 0.3) is 0 Å². The number of aryl methyl sites for hydroxylation is 2. The first-order chi connectivity index (χ1) is 6.36. The largest absolute Gasteiger partial charge is 0.321 e. The minimum absolute atomic E-state index is 0.955. The van der Waals surface area contributed by atoms with E-state index in [1.54, 1.807) is 6.33 Å². The molecule has 1 aliphatic carbocycles. The summed E-state index contributed by atoms with van der Waals surface area (Å²) in [7, 11) is 2.02. The number of aromatic nitrogens is 3. The van der Waals surface area contributed by atoms with Crippen LogP contribution in [0, 0.1) is 5.92 Å². The maximum Gasteiger partial charge on any atom is 0.132 e. The summed E-state index contributed by atoms with van der Waals surface area (Å²) in [6.45, 7) is 0. The number of hydrogen-bond acceptors (Lipinski definition) is 2.